The average Bonchev–Trinajstić information content (AvgIpc) is 2.75. The zero-order chi connectivity index (χ0) is 11.7. The molecule has 16 heavy (non-hydrogen) atoms. The lowest BCUT2D eigenvalue weighted by atomic mass is 10.4. The monoisotopic (exact) mass is 238 g/mol. The summed E-state index contributed by atoms with van der Waals surface area (Å²) in [6, 6.07) is 2.94. The molecule has 0 atom stereocenters. The smallest absolute Gasteiger partial charge is 0.361 e. The van der Waals surface area contributed by atoms with Gasteiger partial charge in [-0.3, -0.25) is 10.1 Å². The molecule has 2 aromatic heterocycles. The first-order chi connectivity index (χ1) is 7.56. The molecule has 2 heterocycles. The van der Waals surface area contributed by atoms with Crippen LogP contribution >= 0.6 is 11.3 Å². The van der Waals surface area contributed by atoms with Crippen LogP contribution in [0.1, 0.15) is 4.88 Å². The zero-order valence-electron chi connectivity index (χ0n) is 7.93. The summed E-state index contributed by atoms with van der Waals surface area (Å²) in [6.45, 7) is 3.43. The molecule has 0 fully saturated rings. The standard InChI is InChI=1S/C9H6N2O4S/c1-5-10-7(9(12)15-5)4-6-2-3-8(16-6)11(13)14/h2-4,10H,1H2. The number of nitrogens with one attached hydrogen (secondary N) is 1. The summed E-state index contributed by atoms with van der Waals surface area (Å²) in [4.78, 5) is 24.4. The SMILES string of the molecule is C=c1[nH]c(=Cc2ccc([N+](=O)[O-])s2)c(=O)o1. The maximum Gasteiger partial charge on any atom is 0.361 e. The van der Waals surface area contributed by atoms with Crippen molar-refractivity contribution in [3.63, 3.8) is 0 Å². The van der Waals surface area contributed by atoms with E-state index in [9.17, 15) is 14.9 Å². The van der Waals surface area contributed by atoms with Gasteiger partial charge >= 0.3 is 10.6 Å². The quantitative estimate of drug-likeness (QED) is 0.596. The number of aromatic nitrogens is 1. The minimum atomic E-state index is -0.541. The number of nitro groups is 1. The molecule has 7 heteroatoms. The van der Waals surface area contributed by atoms with Crippen LogP contribution < -0.4 is 16.5 Å². The van der Waals surface area contributed by atoms with Gasteiger partial charge in [-0.25, -0.2) is 4.79 Å². The van der Waals surface area contributed by atoms with Gasteiger partial charge in [0.1, 0.15) is 5.35 Å². The molecule has 0 bridgehead atoms. The van der Waals surface area contributed by atoms with Crippen LogP contribution in [0.5, 0.6) is 0 Å². The highest BCUT2D eigenvalue weighted by molar-refractivity contribution is 7.16. The summed E-state index contributed by atoms with van der Waals surface area (Å²) in [5.41, 5.74) is -0.386. The zero-order valence-corrected chi connectivity index (χ0v) is 8.74. The van der Waals surface area contributed by atoms with E-state index in [4.69, 9.17) is 0 Å². The van der Waals surface area contributed by atoms with Crippen LogP contribution in [-0.4, -0.2) is 9.91 Å². The van der Waals surface area contributed by atoms with Crippen molar-refractivity contribution in [3.05, 3.63) is 48.4 Å². The molecule has 6 nitrogen and oxygen atoms in total. The van der Waals surface area contributed by atoms with E-state index in [1.807, 2.05) is 0 Å². The second kappa shape index (κ2) is 3.78. The van der Waals surface area contributed by atoms with Crippen LogP contribution in [0.2, 0.25) is 0 Å². The summed E-state index contributed by atoms with van der Waals surface area (Å²) in [7, 11) is 0. The van der Waals surface area contributed by atoms with Crippen molar-refractivity contribution in [1.29, 1.82) is 0 Å². The van der Waals surface area contributed by atoms with Crippen LogP contribution in [0.25, 0.3) is 12.7 Å². The number of nitrogens with zero attached hydrogens (tertiary/aromatic N) is 1. The minimum Gasteiger partial charge on any atom is -0.405 e. The van der Waals surface area contributed by atoms with Crippen molar-refractivity contribution in [1.82, 2.24) is 4.98 Å². The Balaban J connectivity index is 2.51. The predicted octanol–water partition coefficient (Wildman–Crippen LogP) is 0.177. The Bertz CT molecular complexity index is 694. The van der Waals surface area contributed by atoms with Crippen molar-refractivity contribution in [2.45, 2.75) is 0 Å². The molecule has 0 aromatic carbocycles. The lowest BCUT2D eigenvalue weighted by Crippen LogP contribution is -2.20. The van der Waals surface area contributed by atoms with Crippen molar-refractivity contribution in [2.24, 2.45) is 0 Å². The maximum atomic E-state index is 11.2. The molecule has 0 aliphatic heterocycles. The molecular weight excluding hydrogens is 232 g/mol. The van der Waals surface area contributed by atoms with Crippen LogP contribution in [-0.2, 0) is 0 Å². The molecular formula is C9H6N2O4S. The van der Waals surface area contributed by atoms with E-state index < -0.39 is 10.5 Å². The Labute approximate surface area is 92.3 Å². The molecule has 2 rings (SSSR count). The predicted molar refractivity (Wildman–Crippen MR) is 58.6 cm³/mol. The Morgan fingerprint density at radius 1 is 1.56 bits per heavy atom. The van der Waals surface area contributed by atoms with E-state index in [0.29, 0.717) is 4.88 Å². The Kier molecular flexibility index (Phi) is 2.45. The molecule has 0 amide bonds. The van der Waals surface area contributed by atoms with Gasteiger partial charge in [0.25, 0.3) is 0 Å². The Hall–Kier alpha value is -2.15. The normalized spacial score (nSPS) is 11.9. The molecule has 82 valence electrons. The molecule has 0 unspecified atom stereocenters. The lowest BCUT2D eigenvalue weighted by molar-refractivity contribution is -0.380. The first-order valence-corrected chi connectivity index (χ1v) is 5.02. The third-order valence-electron chi connectivity index (χ3n) is 1.79. The number of thiophene rings is 1. The van der Waals surface area contributed by atoms with Crippen molar-refractivity contribution >= 4 is 29.0 Å². The molecule has 0 saturated carbocycles. The number of H-pyrrole nitrogens is 1. The fraction of sp³-hybridized carbons (Fsp3) is 0. The van der Waals surface area contributed by atoms with Gasteiger partial charge in [-0.1, -0.05) is 11.3 Å². The van der Waals surface area contributed by atoms with E-state index in [0.717, 1.165) is 11.3 Å². The first kappa shape index (κ1) is 10.4. The van der Waals surface area contributed by atoms with Crippen LogP contribution in [0.4, 0.5) is 5.00 Å². The van der Waals surface area contributed by atoms with Gasteiger partial charge in [0.05, 0.1) is 4.92 Å². The van der Waals surface area contributed by atoms with Crippen LogP contribution in [0.3, 0.4) is 0 Å². The molecule has 2 aromatic rings. The van der Waals surface area contributed by atoms with Gasteiger partial charge in [0, 0.05) is 10.9 Å². The number of aromatic amines is 1. The van der Waals surface area contributed by atoms with Crippen molar-refractivity contribution < 1.29 is 9.34 Å². The first-order valence-electron chi connectivity index (χ1n) is 4.20. The number of rotatable bonds is 2. The van der Waals surface area contributed by atoms with E-state index >= 15 is 0 Å². The van der Waals surface area contributed by atoms with Gasteiger partial charge in [-0.2, -0.15) is 0 Å². The molecule has 0 spiro atoms. The molecule has 0 aliphatic carbocycles. The highest BCUT2D eigenvalue weighted by Crippen LogP contribution is 2.23. The van der Waals surface area contributed by atoms with Gasteiger partial charge < -0.3 is 9.40 Å². The number of hydrogen-bond donors (Lipinski definition) is 1. The summed E-state index contributed by atoms with van der Waals surface area (Å²) in [5.74, 6) is 0. The molecule has 0 saturated heterocycles. The Morgan fingerprint density at radius 3 is 2.81 bits per heavy atom. The average molecular weight is 238 g/mol. The van der Waals surface area contributed by atoms with E-state index in [-0.39, 0.29) is 15.9 Å². The summed E-state index contributed by atoms with van der Waals surface area (Å²) < 4.78 is 4.66. The highest BCUT2D eigenvalue weighted by Gasteiger charge is 2.08. The van der Waals surface area contributed by atoms with Gasteiger partial charge in [0.15, 0.2) is 5.55 Å². The molecule has 0 aliphatic rings. The molecule has 0 radical (unpaired) electrons. The lowest BCUT2D eigenvalue weighted by Gasteiger charge is -1.80. The van der Waals surface area contributed by atoms with E-state index in [1.54, 1.807) is 6.07 Å². The topological polar surface area (TPSA) is 89.1 Å². The van der Waals surface area contributed by atoms with E-state index in [2.05, 4.69) is 16.0 Å². The third kappa shape index (κ3) is 1.94. The van der Waals surface area contributed by atoms with Crippen LogP contribution in [0.15, 0.2) is 21.3 Å². The Morgan fingerprint density at radius 2 is 2.31 bits per heavy atom. The van der Waals surface area contributed by atoms with Crippen LogP contribution in [0, 0.1) is 10.1 Å². The van der Waals surface area contributed by atoms with Gasteiger partial charge in [-0.15, -0.1) is 0 Å². The highest BCUT2D eigenvalue weighted by atomic mass is 32.1. The second-order valence-electron chi connectivity index (χ2n) is 2.93. The van der Waals surface area contributed by atoms with Crippen molar-refractivity contribution in [3.8, 4) is 0 Å². The summed E-state index contributed by atoms with van der Waals surface area (Å²) >= 11 is 0.978. The maximum absolute atomic E-state index is 11.2. The third-order valence-corrected chi connectivity index (χ3v) is 2.77. The number of oxazole rings is 1. The van der Waals surface area contributed by atoms with E-state index in [1.165, 1.54) is 12.1 Å². The van der Waals surface area contributed by atoms with Gasteiger partial charge in [-0.05, 0) is 18.7 Å². The minimum absolute atomic E-state index is 0.0250. The van der Waals surface area contributed by atoms with Crippen molar-refractivity contribution in [2.75, 3.05) is 0 Å². The molecule has 1 N–H and O–H groups in total. The summed E-state index contributed by atoms with van der Waals surface area (Å²) in [5, 5.41) is 10.7. The summed E-state index contributed by atoms with van der Waals surface area (Å²) in [6.07, 6.45) is 1.48. The van der Waals surface area contributed by atoms with Gasteiger partial charge in [0.2, 0.25) is 0 Å². The fourth-order valence-corrected chi connectivity index (χ4v) is 1.91. The fourth-order valence-electron chi connectivity index (χ4n) is 1.15. The second-order valence-corrected chi connectivity index (χ2v) is 4.02. The number of hydrogen-bond acceptors (Lipinski definition) is 5. The largest absolute Gasteiger partial charge is 0.405 e.